The monoisotopic (exact) mass is 610 g/mol. The van der Waals surface area contributed by atoms with Gasteiger partial charge in [-0.3, -0.25) is 4.79 Å². The molecule has 6 aromatic rings. The minimum Gasteiger partial charge on any atom is -0.469 e. The largest absolute Gasteiger partial charge is 0.469 e. The fraction of sp³-hybridized carbons (Fsp3) is 0.250. The van der Waals surface area contributed by atoms with Crippen molar-refractivity contribution >= 4 is 22.5 Å². The number of fused-ring (bicyclic) bond motifs is 7. The van der Waals surface area contributed by atoms with Gasteiger partial charge >= 0.3 is 0 Å². The fourth-order valence-corrected chi connectivity index (χ4v) is 7.99. The number of para-hydroxylation sites is 1. The first kappa shape index (κ1) is 25.9. The quantitative estimate of drug-likeness (QED) is 0.179. The molecular formula is C36H30N6O4. The number of ether oxygens (including phenoxy) is 1. The van der Waals surface area contributed by atoms with Crippen molar-refractivity contribution in [2.45, 2.75) is 50.9 Å². The third-order valence-corrected chi connectivity index (χ3v) is 10.1. The number of benzene rings is 3. The summed E-state index contributed by atoms with van der Waals surface area (Å²) in [6.45, 7) is 5.99. The van der Waals surface area contributed by atoms with Gasteiger partial charge in [-0.05, 0) is 42.5 Å². The van der Waals surface area contributed by atoms with Gasteiger partial charge < -0.3 is 34.9 Å². The van der Waals surface area contributed by atoms with E-state index in [-0.39, 0.29) is 11.8 Å². The zero-order valence-corrected chi connectivity index (χ0v) is 25.4. The van der Waals surface area contributed by atoms with E-state index in [1.54, 1.807) is 0 Å². The summed E-state index contributed by atoms with van der Waals surface area (Å²) in [5.74, 6) is 2.32. The maximum absolute atomic E-state index is 13.4. The van der Waals surface area contributed by atoms with Crippen LogP contribution in [0.2, 0.25) is 0 Å². The van der Waals surface area contributed by atoms with Crippen LogP contribution in [0, 0.1) is 12.8 Å². The maximum atomic E-state index is 13.4. The molecule has 10 bridgehead atoms. The third kappa shape index (κ3) is 3.11. The molecule has 5 N–H and O–H groups in total. The number of amides is 1. The Bertz CT molecular complexity index is 2290. The Kier molecular flexibility index (Phi) is 4.89. The molecule has 10 rings (SSSR count). The van der Waals surface area contributed by atoms with Crippen LogP contribution < -0.4 is 21.1 Å². The smallest absolute Gasteiger partial charge is 0.249 e. The average Bonchev–Trinajstić information content (AvgIpc) is 3.85. The predicted molar refractivity (Wildman–Crippen MR) is 171 cm³/mol. The number of carbonyl (C=O) groups excluding carboxylic acids is 1. The first-order chi connectivity index (χ1) is 22.3. The number of rotatable bonds is 1. The van der Waals surface area contributed by atoms with Gasteiger partial charge in [0.2, 0.25) is 17.7 Å². The second-order valence-corrected chi connectivity index (χ2v) is 13.1. The highest BCUT2D eigenvalue weighted by atomic mass is 16.5. The van der Waals surface area contributed by atoms with E-state index in [2.05, 4.69) is 58.1 Å². The summed E-state index contributed by atoms with van der Waals surface area (Å²) in [6.07, 6.45) is 1.78. The first-order valence-corrected chi connectivity index (χ1v) is 15.7. The Morgan fingerprint density at radius 1 is 0.978 bits per heavy atom. The number of hydrogen-bond donors (Lipinski definition) is 4. The topological polar surface area (TPSA) is 144 Å². The maximum Gasteiger partial charge on any atom is 0.249 e. The number of nitrogens with one attached hydrogen (secondary N) is 3. The number of nitrogens with two attached hydrogens (primary N) is 1. The molecule has 1 amide bonds. The van der Waals surface area contributed by atoms with Crippen LogP contribution in [0.3, 0.4) is 0 Å². The molecular weight excluding hydrogens is 580 g/mol. The molecule has 4 aliphatic heterocycles. The van der Waals surface area contributed by atoms with Crippen LogP contribution in [0.25, 0.3) is 44.9 Å². The standard InChI is InChI=1S/C36H30N6O4/c1-15(2)27-33-41-29-31(46-33)36-21-8-4-7-19(18-6-5-9-24-26(18)20(14-38-24)30-16(3)39-34(29)45-30)28(21)42-35(36)44-25-11-10-17(12-22(25)36)13-23(37)32(43)40-27/h4-12,14-15,23,27,35,38,42H,13,37H2,1-3H3,(H,40,43)/t23-,27-,35?,36?/m0/s1. The second-order valence-electron chi connectivity index (χ2n) is 13.1. The molecule has 3 aromatic heterocycles. The van der Waals surface area contributed by atoms with Crippen molar-refractivity contribution in [3.8, 4) is 39.8 Å². The molecule has 7 heterocycles. The van der Waals surface area contributed by atoms with E-state index in [0.717, 1.165) is 61.4 Å². The van der Waals surface area contributed by atoms with E-state index in [9.17, 15) is 4.79 Å². The molecule has 0 aliphatic carbocycles. The molecule has 10 nitrogen and oxygen atoms in total. The van der Waals surface area contributed by atoms with Crippen LogP contribution in [0.15, 0.2) is 69.6 Å². The summed E-state index contributed by atoms with van der Waals surface area (Å²) in [5, 5.41) is 7.96. The minimum absolute atomic E-state index is 0.0490. The van der Waals surface area contributed by atoms with Gasteiger partial charge in [0.05, 0.1) is 11.7 Å². The number of anilines is 1. The van der Waals surface area contributed by atoms with Gasteiger partial charge in [-0.2, -0.15) is 0 Å². The van der Waals surface area contributed by atoms with E-state index in [4.69, 9.17) is 29.3 Å². The lowest BCUT2D eigenvalue weighted by molar-refractivity contribution is -0.123. The van der Waals surface area contributed by atoms with Crippen molar-refractivity contribution in [3.63, 3.8) is 0 Å². The summed E-state index contributed by atoms with van der Waals surface area (Å²) in [6, 6.07) is 17.4. The van der Waals surface area contributed by atoms with Gasteiger partial charge in [0.1, 0.15) is 17.2 Å². The predicted octanol–water partition coefficient (Wildman–Crippen LogP) is 5.94. The van der Waals surface area contributed by atoms with Crippen molar-refractivity contribution in [1.82, 2.24) is 20.3 Å². The number of nitrogens with zero attached hydrogens (tertiary/aromatic N) is 2. The van der Waals surface area contributed by atoms with Crippen LogP contribution in [-0.2, 0) is 16.6 Å². The fourth-order valence-electron chi connectivity index (χ4n) is 7.99. The Morgan fingerprint density at radius 3 is 2.70 bits per heavy atom. The Balaban J connectivity index is 1.40. The number of aromatic amines is 1. The van der Waals surface area contributed by atoms with Crippen molar-refractivity contribution in [2.24, 2.45) is 11.7 Å². The lowest BCUT2D eigenvalue weighted by Gasteiger charge is -2.28. The zero-order valence-electron chi connectivity index (χ0n) is 25.4. The van der Waals surface area contributed by atoms with E-state index in [1.165, 1.54) is 0 Å². The molecule has 1 spiro atoms. The number of H-pyrrole nitrogens is 1. The van der Waals surface area contributed by atoms with E-state index in [1.807, 2.05) is 39.1 Å². The van der Waals surface area contributed by atoms with Gasteiger partial charge in [0, 0.05) is 45.0 Å². The number of aryl methyl sites for hydroxylation is 1. The first-order valence-electron chi connectivity index (χ1n) is 15.7. The van der Waals surface area contributed by atoms with Crippen molar-refractivity contribution < 1.29 is 18.4 Å². The molecule has 0 saturated carbocycles. The minimum atomic E-state index is -0.956. The van der Waals surface area contributed by atoms with Crippen molar-refractivity contribution in [3.05, 3.63) is 94.8 Å². The van der Waals surface area contributed by atoms with Crippen molar-refractivity contribution in [2.75, 3.05) is 5.32 Å². The highest BCUT2D eigenvalue weighted by Crippen LogP contribution is 2.61. The summed E-state index contributed by atoms with van der Waals surface area (Å²) < 4.78 is 20.4. The Morgan fingerprint density at radius 2 is 1.83 bits per heavy atom. The Hall–Kier alpha value is -5.35. The summed E-state index contributed by atoms with van der Waals surface area (Å²) in [7, 11) is 0. The van der Waals surface area contributed by atoms with Crippen LogP contribution in [0.5, 0.6) is 5.75 Å². The number of oxazole rings is 2. The highest BCUT2D eigenvalue weighted by molar-refractivity contribution is 6.08. The summed E-state index contributed by atoms with van der Waals surface area (Å²) in [4.78, 5) is 27.0. The second kappa shape index (κ2) is 8.67. The molecule has 4 aliphatic rings. The molecule has 4 atom stereocenters. The Labute approximate surface area is 263 Å². The van der Waals surface area contributed by atoms with Gasteiger partial charge in [0.15, 0.2) is 23.4 Å². The van der Waals surface area contributed by atoms with Gasteiger partial charge in [-0.1, -0.05) is 56.3 Å². The molecule has 3 aromatic carbocycles. The summed E-state index contributed by atoms with van der Waals surface area (Å²) >= 11 is 0. The third-order valence-electron chi connectivity index (χ3n) is 10.1. The van der Waals surface area contributed by atoms with E-state index >= 15 is 0 Å². The van der Waals surface area contributed by atoms with Crippen LogP contribution in [-0.4, -0.2) is 33.1 Å². The normalized spacial score (nSPS) is 23.3. The lowest BCUT2D eigenvalue weighted by atomic mass is 9.72. The summed E-state index contributed by atoms with van der Waals surface area (Å²) in [5.41, 5.74) is 14.6. The molecule has 228 valence electrons. The van der Waals surface area contributed by atoms with E-state index in [0.29, 0.717) is 35.4 Å². The molecule has 10 heteroatoms. The van der Waals surface area contributed by atoms with Gasteiger partial charge in [-0.15, -0.1) is 0 Å². The van der Waals surface area contributed by atoms with Gasteiger partial charge in [0.25, 0.3) is 0 Å². The lowest BCUT2D eigenvalue weighted by Crippen LogP contribution is -2.45. The van der Waals surface area contributed by atoms with Crippen LogP contribution >= 0.6 is 0 Å². The zero-order chi connectivity index (χ0) is 31.1. The highest BCUT2D eigenvalue weighted by Gasteiger charge is 2.61. The SMILES string of the molecule is Cc1nc2oc1-c1c[nH]c3cccc(c13)-c1cccc3c1NC1Oc4ccc5cc4C31c1oc(nc1-2)[C@H](C(C)C)NC(=O)[C@@H](N)C5. The van der Waals surface area contributed by atoms with Crippen molar-refractivity contribution in [1.29, 1.82) is 0 Å². The molecule has 0 saturated heterocycles. The number of hydrogen-bond acceptors (Lipinski definition) is 8. The van der Waals surface area contributed by atoms with Crippen LogP contribution in [0.1, 0.15) is 53.9 Å². The molecule has 0 fully saturated rings. The molecule has 46 heavy (non-hydrogen) atoms. The average molecular weight is 611 g/mol. The van der Waals surface area contributed by atoms with Gasteiger partial charge in [-0.25, -0.2) is 9.97 Å². The molecule has 2 unspecified atom stereocenters. The molecule has 0 radical (unpaired) electrons. The van der Waals surface area contributed by atoms with Crippen LogP contribution in [0.4, 0.5) is 5.69 Å². The number of carbonyl (C=O) groups is 1. The number of aromatic nitrogens is 3. The van der Waals surface area contributed by atoms with E-state index < -0.39 is 23.7 Å².